The molecule has 0 aliphatic heterocycles. The number of hydrogen-bond acceptors (Lipinski definition) is 4. The van der Waals surface area contributed by atoms with Crippen LogP contribution < -0.4 is 11.1 Å². The van der Waals surface area contributed by atoms with Gasteiger partial charge in [0.15, 0.2) is 0 Å². The van der Waals surface area contributed by atoms with Crippen molar-refractivity contribution in [3.05, 3.63) is 11.9 Å². The van der Waals surface area contributed by atoms with E-state index in [0.717, 1.165) is 31.0 Å². The molecule has 0 unspecified atom stereocenters. The van der Waals surface area contributed by atoms with Crippen LogP contribution in [-0.2, 0) is 6.42 Å². The molecule has 20 heavy (non-hydrogen) atoms. The van der Waals surface area contributed by atoms with Crippen LogP contribution in [0.3, 0.4) is 0 Å². The highest BCUT2D eigenvalue weighted by Gasteiger charge is 2.17. The third-order valence-electron chi connectivity index (χ3n) is 3.47. The summed E-state index contributed by atoms with van der Waals surface area (Å²) in [5.41, 5.74) is 6.11. The standard InChI is InChI=1S/C16H30N4/c1-5-7-8-10-16(3,4)12-18-15-11-13(17)19-14(20-15)9-6-2/h11H,5-10,12H2,1-4H3,(H3,17,18,19,20). The molecule has 1 rings (SSSR count). The summed E-state index contributed by atoms with van der Waals surface area (Å²) in [4.78, 5) is 8.78. The zero-order chi connectivity index (χ0) is 15.0. The number of nitrogens with two attached hydrogens (primary N) is 1. The molecule has 0 saturated carbocycles. The fourth-order valence-electron chi connectivity index (χ4n) is 2.22. The SMILES string of the molecule is CCCCCC(C)(C)CNc1cc(N)nc(CCC)n1. The number of nitrogens with one attached hydrogen (secondary N) is 1. The number of aromatic nitrogens is 2. The van der Waals surface area contributed by atoms with E-state index in [0.29, 0.717) is 5.82 Å². The Balaban J connectivity index is 2.55. The number of aryl methyl sites for hydroxylation is 1. The molecule has 0 fully saturated rings. The minimum atomic E-state index is 0.278. The van der Waals surface area contributed by atoms with E-state index in [1.54, 1.807) is 0 Å². The van der Waals surface area contributed by atoms with Gasteiger partial charge >= 0.3 is 0 Å². The maximum Gasteiger partial charge on any atom is 0.133 e. The van der Waals surface area contributed by atoms with Gasteiger partial charge in [-0.05, 0) is 18.3 Å². The molecular weight excluding hydrogens is 248 g/mol. The summed E-state index contributed by atoms with van der Waals surface area (Å²) in [6.07, 6.45) is 7.01. The van der Waals surface area contributed by atoms with Gasteiger partial charge in [0, 0.05) is 19.0 Å². The number of anilines is 2. The highest BCUT2D eigenvalue weighted by Crippen LogP contribution is 2.24. The molecule has 0 radical (unpaired) electrons. The zero-order valence-electron chi connectivity index (χ0n) is 13.5. The Morgan fingerprint density at radius 1 is 1.15 bits per heavy atom. The maximum absolute atomic E-state index is 5.84. The van der Waals surface area contributed by atoms with Crippen molar-refractivity contribution in [3.8, 4) is 0 Å². The van der Waals surface area contributed by atoms with Crippen LogP contribution >= 0.6 is 0 Å². The van der Waals surface area contributed by atoms with Gasteiger partial charge < -0.3 is 11.1 Å². The largest absolute Gasteiger partial charge is 0.384 e. The van der Waals surface area contributed by atoms with Gasteiger partial charge in [-0.2, -0.15) is 0 Å². The van der Waals surface area contributed by atoms with Gasteiger partial charge in [-0.15, -0.1) is 0 Å². The van der Waals surface area contributed by atoms with E-state index >= 15 is 0 Å². The Kier molecular flexibility index (Phi) is 6.76. The topological polar surface area (TPSA) is 63.8 Å². The summed E-state index contributed by atoms with van der Waals surface area (Å²) in [6.45, 7) is 9.87. The summed E-state index contributed by atoms with van der Waals surface area (Å²) >= 11 is 0. The first-order valence-corrected chi connectivity index (χ1v) is 7.84. The molecule has 0 atom stereocenters. The van der Waals surface area contributed by atoms with E-state index in [2.05, 4.69) is 43.0 Å². The van der Waals surface area contributed by atoms with Crippen LogP contribution in [0, 0.1) is 5.41 Å². The molecule has 0 aromatic carbocycles. The summed E-state index contributed by atoms with van der Waals surface area (Å²) in [5.74, 6) is 2.23. The average molecular weight is 278 g/mol. The molecule has 0 aliphatic carbocycles. The normalized spacial score (nSPS) is 11.6. The number of nitrogens with zero attached hydrogens (tertiary/aromatic N) is 2. The van der Waals surface area contributed by atoms with Crippen molar-refractivity contribution < 1.29 is 0 Å². The fourth-order valence-corrected chi connectivity index (χ4v) is 2.22. The van der Waals surface area contributed by atoms with Crippen molar-refractivity contribution in [2.75, 3.05) is 17.6 Å². The maximum atomic E-state index is 5.84. The lowest BCUT2D eigenvalue weighted by molar-refractivity contribution is 0.342. The zero-order valence-corrected chi connectivity index (χ0v) is 13.5. The van der Waals surface area contributed by atoms with Crippen molar-refractivity contribution in [1.82, 2.24) is 9.97 Å². The van der Waals surface area contributed by atoms with Gasteiger partial charge in [-0.3, -0.25) is 0 Å². The Hall–Kier alpha value is -1.32. The van der Waals surface area contributed by atoms with Crippen LogP contribution in [0.25, 0.3) is 0 Å². The molecule has 1 heterocycles. The number of hydrogen-bond donors (Lipinski definition) is 2. The lowest BCUT2D eigenvalue weighted by Crippen LogP contribution is -2.23. The molecule has 4 nitrogen and oxygen atoms in total. The van der Waals surface area contributed by atoms with Crippen molar-refractivity contribution >= 4 is 11.6 Å². The van der Waals surface area contributed by atoms with Gasteiger partial charge in [0.05, 0.1) is 0 Å². The second-order valence-electron chi connectivity index (χ2n) is 6.32. The quantitative estimate of drug-likeness (QED) is 0.669. The molecule has 0 bridgehead atoms. The van der Waals surface area contributed by atoms with Gasteiger partial charge in [0.2, 0.25) is 0 Å². The van der Waals surface area contributed by atoms with E-state index in [1.807, 2.05) is 6.07 Å². The minimum absolute atomic E-state index is 0.278. The Bertz CT molecular complexity index is 401. The van der Waals surface area contributed by atoms with Crippen LogP contribution in [-0.4, -0.2) is 16.5 Å². The van der Waals surface area contributed by atoms with E-state index in [4.69, 9.17) is 5.73 Å². The molecule has 0 aliphatic rings. The average Bonchev–Trinajstić information content (AvgIpc) is 2.37. The van der Waals surface area contributed by atoms with E-state index in [-0.39, 0.29) is 5.41 Å². The first kappa shape index (κ1) is 16.7. The monoisotopic (exact) mass is 278 g/mol. The highest BCUT2D eigenvalue weighted by molar-refractivity contribution is 5.44. The van der Waals surface area contributed by atoms with Gasteiger partial charge in [-0.25, -0.2) is 9.97 Å². The van der Waals surface area contributed by atoms with Gasteiger partial charge in [0.25, 0.3) is 0 Å². The first-order chi connectivity index (χ1) is 9.46. The van der Waals surface area contributed by atoms with E-state index < -0.39 is 0 Å². The van der Waals surface area contributed by atoms with Gasteiger partial charge in [0.1, 0.15) is 17.5 Å². The molecule has 1 aromatic rings. The Labute approximate surface area is 123 Å². The predicted octanol–water partition coefficient (Wildman–Crippen LogP) is 4.03. The molecule has 3 N–H and O–H groups in total. The second kappa shape index (κ2) is 8.08. The van der Waals surface area contributed by atoms with E-state index in [9.17, 15) is 0 Å². The number of nitrogen functional groups attached to an aromatic ring is 1. The first-order valence-electron chi connectivity index (χ1n) is 7.84. The molecular formula is C16H30N4. The third kappa shape index (κ3) is 6.22. The smallest absolute Gasteiger partial charge is 0.133 e. The third-order valence-corrected chi connectivity index (χ3v) is 3.47. The highest BCUT2D eigenvalue weighted by atomic mass is 15.0. The number of rotatable bonds is 9. The molecule has 114 valence electrons. The summed E-state index contributed by atoms with van der Waals surface area (Å²) in [7, 11) is 0. The molecule has 0 amide bonds. The lowest BCUT2D eigenvalue weighted by Gasteiger charge is -2.25. The van der Waals surface area contributed by atoms with Crippen LogP contribution in [0.1, 0.15) is 65.6 Å². The molecule has 0 spiro atoms. The number of unbranched alkanes of at least 4 members (excludes halogenated alkanes) is 2. The van der Waals surface area contributed by atoms with Crippen LogP contribution in [0.4, 0.5) is 11.6 Å². The van der Waals surface area contributed by atoms with Crippen molar-refractivity contribution in [3.63, 3.8) is 0 Å². The van der Waals surface area contributed by atoms with Crippen LogP contribution in [0.2, 0.25) is 0 Å². The summed E-state index contributed by atoms with van der Waals surface area (Å²) in [5, 5.41) is 3.42. The molecule has 0 saturated heterocycles. The fraction of sp³-hybridized carbons (Fsp3) is 0.750. The predicted molar refractivity (Wildman–Crippen MR) is 86.9 cm³/mol. The van der Waals surface area contributed by atoms with Gasteiger partial charge in [-0.1, -0.05) is 47.0 Å². The Morgan fingerprint density at radius 2 is 1.90 bits per heavy atom. The lowest BCUT2D eigenvalue weighted by atomic mass is 9.87. The van der Waals surface area contributed by atoms with E-state index in [1.165, 1.54) is 25.7 Å². The second-order valence-corrected chi connectivity index (χ2v) is 6.32. The van der Waals surface area contributed by atoms with Crippen molar-refractivity contribution in [1.29, 1.82) is 0 Å². The van der Waals surface area contributed by atoms with Crippen molar-refractivity contribution in [2.45, 2.75) is 66.2 Å². The van der Waals surface area contributed by atoms with Crippen LogP contribution in [0.5, 0.6) is 0 Å². The van der Waals surface area contributed by atoms with Crippen molar-refractivity contribution in [2.24, 2.45) is 5.41 Å². The Morgan fingerprint density at radius 3 is 2.55 bits per heavy atom. The molecule has 1 aromatic heterocycles. The minimum Gasteiger partial charge on any atom is -0.384 e. The van der Waals surface area contributed by atoms with Crippen LogP contribution in [0.15, 0.2) is 6.07 Å². The molecule has 4 heteroatoms. The summed E-state index contributed by atoms with van der Waals surface area (Å²) < 4.78 is 0. The summed E-state index contributed by atoms with van der Waals surface area (Å²) in [6, 6.07) is 1.82.